The largest absolute Gasteiger partial charge is 0.497 e. The van der Waals surface area contributed by atoms with Gasteiger partial charge in [0.2, 0.25) is 21.8 Å². The predicted molar refractivity (Wildman–Crippen MR) is 139 cm³/mol. The molecule has 0 saturated heterocycles. The van der Waals surface area contributed by atoms with Crippen molar-refractivity contribution in [3.05, 3.63) is 59.9 Å². The van der Waals surface area contributed by atoms with Gasteiger partial charge < -0.3 is 15.0 Å². The molecule has 36 heavy (non-hydrogen) atoms. The van der Waals surface area contributed by atoms with Crippen LogP contribution in [0.5, 0.6) is 5.75 Å². The Kier molecular flexibility index (Phi) is 9.86. The average molecular weight is 522 g/mol. The van der Waals surface area contributed by atoms with Crippen molar-refractivity contribution in [2.24, 2.45) is 0 Å². The first-order chi connectivity index (χ1) is 16.7. The van der Waals surface area contributed by atoms with Gasteiger partial charge in [-0.3, -0.25) is 13.9 Å². The minimum Gasteiger partial charge on any atom is -0.497 e. The number of nitrogens with one attached hydrogen (secondary N) is 1. The van der Waals surface area contributed by atoms with E-state index in [1.807, 2.05) is 26.8 Å². The number of carbonyl (C=O) groups excluding carboxylic acids is 2. The molecule has 8 nitrogen and oxygen atoms in total. The summed E-state index contributed by atoms with van der Waals surface area (Å²) < 4.78 is 45.2. The molecule has 2 aromatic rings. The Labute approximate surface area is 213 Å². The zero-order valence-electron chi connectivity index (χ0n) is 21.7. The predicted octanol–water partition coefficient (Wildman–Crippen LogP) is 3.71. The summed E-state index contributed by atoms with van der Waals surface area (Å²) in [5.74, 6) is -0.666. The van der Waals surface area contributed by atoms with Crippen molar-refractivity contribution in [2.45, 2.75) is 58.7 Å². The molecule has 0 heterocycles. The molecular formula is C26H36FN3O5S. The summed E-state index contributed by atoms with van der Waals surface area (Å²) in [4.78, 5) is 27.7. The van der Waals surface area contributed by atoms with Crippen LogP contribution in [0, 0.1) is 5.82 Å². The number of sulfonamides is 1. The van der Waals surface area contributed by atoms with Gasteiger partial charge in [-0.25, -0.2) is 12.8 Å². The van der Waals surface area contributed by atoms with Crippen LogP contribution in [0.4, 0.5) is 10.1 Å². The quantitative estimate of drug-likeness (QED) is 0.486. The molecule has 2 amide bonds. The fourth-order valence-corrected chi connectivity index (χ4v) is 4.63. The number of para-hydroxylation sites is 1. The zero-order valence-corrected chi connectivity index (χ0v) is 22.6. The molecule has 0 aliphatic heterocycles. The minimum atomic E-state index is -3.77. The van der Waals surface area contributed by atoms with Crippen LogP contribution in [0.15, 0.2) is 48.5 Å². The number of halogens is 1. The maximum Gasteiger partial charge on any atom is 0.242 e. The lowest BCUT2D eigenvalue weighted by atomic mass is 10.1. The second kappa shape index (κ2) is 12.2. The molecule has 0 aliphatic carbocycles. The van der Waals surface area contributed by atoms with E-state index in [1.165, 1.54) is 23.1 Å². The fraction of sp³-hybridized carbons (Fsp3) is 0.462. The molecule has 0 spiro atoms. The molecule has 1 N–H and O–H groups in total. The lowest BCUT2D eigenvalue weighted by Crippen LogP contribution is -2.52. The van der Waals surface area contributed by atoms with Crippen molar-refractivity contribution in [3.63, 3.8) is 0 Å². The van der Waals surface area contributed by atoms with E-state index < -0.39 is 27.4 Å². The molecule has 2 rings (SSSR count). The molecule has 0 bridgehead atoms. The van der Waals surface area contributed by atoms with Crippen molar-refractivity contribution in [1.82, 2.24) is 10.2 Å². The van der Waals surface area contributed by atoms with E-state index in [2.05, 4.69) is 5.32 Å². The molecule has 0 aromatic heterocycles. The van der Waals surface area contributed by atoms with Crippen LogP contribution in [0.2, 0.25) is 0 Å². The van der Waals surface area contributed by atoms with E-state index in [0.29, 0.717) is 5.75 Å². The van der Waals surface area contributed by atoms with Crippen LogP contribution in [-0.4, -0.2) is 56.6 Å². The van der Waals surface area contributed by atoms with Crippen molar-refractivity contribution in [3.8, 4) is 5.75 Å². The van der Waals surface area contributed by atoms with Gasteiger partial charge in [0.05, 0.1) is 19.1 Å². The second-order valence-corrected chi connectivity index (χ2v) is 11.6. The van der Waals surface area contributed by atoms with Gasteiger partial charge in [-0.05, 0) is 63.9 Å². The summed E-state index contributed by atoms with van der Waals surface area (Å²) >= 11 is 0. The summed E-state index contributed by atoms with van der Waals surface area (Å²) in [7, 11) is -2.23. The van der Waals surface area contributed by atoms with Crippen molar-refractivity contribution in [2.75, 3.05) is 24.2 Å². The number of nitrogens with zero attached hydrogens (tertiary/aromatic N) is 2. The summed E-state index contributed by atoms with van der Waals surface area (Å²) in [6.07, 6.45) is 1.11. The normalized spacial score (nSPS) is 12.5. The Balaban J connectivity index is 2.22. The molecule has 0 aliphatic rings. The van der Waals surface area contributed by atoms with Gasteiger partial charge in [-0.15, -0.1) is 0 Å². The molecule has 2 aromatic carbocycles. The Morgan fingerprint density at radius 1 is 1.11 bits per heavy atom. The third-order valence-corrected chi connectivity index (χ3v) is 6.61. The van der Waals surface area contributed by atoms with Gasteiger partial charge in [-0.1, -0.05) is 24.3 Å². The third-order valence-electron chi connectivity index (χ3n) is 5.43. The smallest absolute Gasteiger partial charge is 0.242 e. The molecule has 1 atom stereocenters. The number of anilines is 1. The van der Waals surface area contributed by atoms with Gasteiger partial charge in [0.25, 0.3) is 0 Å². The number of carbonyl (C=O) groups is 2. The summed E-state index contributed by atoms with van der Waals surface area (Å²) in [5, 5.41) is 2.90. The fourth-order valence-electron chi connectivity index (χ4n) is 3.66. The Morgan fingerprint density at radius 3 is 2.36 bits per heavy atom. The van der Waals surface area contributed by atoms with Crippen LogP contribution in [-0.2, 0) is 26.2 Å². The maximum absolute atomic E-state index is 14.3. The van der Waals surface area contributed by atoms with Crippen molar-refractivity contribution < 1.29 is 27.1 Å². The number of hydrogen-bond acceptors (Lipinski definition) is 5. The van der Waals surface area contributed by atoms with Crippen LogP contribution < -0.4 is 14.4 Å². The van der Waals surface area contributed by atoms with Crippen molar-refractivity contribution >= 4 is 27.5 Å². The first kappa shape index (κ1) is 29.1. The van der Waals surface area contributed by atoms with Crippen LogP contribution >= 0.6 is 0 Å². The molecule has 10 heteroatoms. The van der Waals surface area contributed by atoms with E-state index in [4.69, 9.17) is 4.74 Å². The van der Waals surface area contributed by atoms with Crippen LogP contribution in [0.3, 0.4) is 0 Å². The number of rotatable bonds is 11. The molecule has 198 valence electrons. The van der Waals surface area contributed by atoms with Gasteiger partial charge >= 0.3 is 0 Å². The summed E-state index contributed by atoms with van der Waals surface area (Å²) in [5.41, 5.74) is 0.229. The second-order valence-electron chi connectivity index (χ2n) is 9.68. The SMILES string of the molecule is COc1cccc(CN(C(=O)CCCN(c2ccccc2F)S(C)(=O)=O)C(C)C(=O)NC(C)(C)C)c1. The number of amides is 2. The van der Waals surface area contributed by atoms with Gasteiger partial charge in [0, 0.05) is 25.0 Å². The highest BCUT2D eigenvalue weighted by Gasteiger charge is 2.29. The highest BCUT2D eigenvalue weighted by Crippen LogP contribution is 2.23. The molecule has 0 saturated carbocycles. The van der Waals surface area contributed by atoms with Crippen molar-refractivity contribution in [1.29, 1.82) is 0 Å². The summed E-state index contributed by atoms with van der Waals surface area (Å²) in [6.45, 7) is 7.30. The average Bonchev–Trinajstić information content (AvgIpc) is 2.78. The molecule has 0 radical (unpaired) electrons. The van der Waals surface area contributed by atoms with E-state index in [1.54, 1.807) is 38.3 Å². The van der Waals surface area contributed by atoms with Crippen LogP contribution in [0.25, 0.3) is 0 Å². The van der Waals surface area contributed by atoms with E-state index in [-0.39, 0.29) is 43.4 Å². The monoisotopic (exact) mass is 521 g/mol. The highest BCUT2D eigenvalue weighted by atomic mass is 32.2. The Hall–Kier alpha value is -3.14. The highest BCUT2D eigenvalue weighted by molar-refractivity contribution is 7.92. The lowest BCUT2D eigenvalue weighted by Gasteiger charge is -2.32. The first-order valence-electron chi connectivity index (χ1n) is 11.7. The molecular weight excluding hydrogens is 485 g/mol. The standard InChI is InChI=1S/C26H36FN3O5S/c1-19(25(32)28-26(2,3)4)29(18-20-11-9-12-21(17-20)35-5)24(31)15-10-16-30(36(6,33)34)23-14-8-7-13-22(23)27/h7-9,11-14,17,19H,10,15-16,18H2,1-6H3,(H,28,32). The van der Waals surface area contributed by atoms with Gasteiger partial charge in [0.1, 0.15) is 17.6 Å². The topological polar surface area (TPSA) is 96.0 Å². The number of benzene rings is 2. The first-order valence-corrected chi connectivity index (χ1v) is 13.5. The minimum absolute atomic E-state index is 0.0302. The van der Waals surface area contributed by atoms with Gasteiger partial charge in [-0.2, -0.15) is 0 Å². The number of hydrogen-bond donors (Lipinski definition) is 1. The Bertz CT molecular complexity index is 1160. The van der Waals surface area contributed by atoms with Crippen LogP contribution in [0.1, 0.15) is 46.1 Å². The number of ether oxygens (including phenoxy) is 1. The molecule has 0 fully saturated rings. The summed E-state index contributed by atoms with van der Waals surface area (Å²) in [6, 6.07) is 12.0. The van der Waals surface area contributed by atoms with E-state index >= 15 is 0 Å². The number of methoxy groups -OCH3 is 1. The lowest BCUT2D eigenvalue weighted by molar-refractivity contribution is -0.141. The van der Waals surface area contributed by atoms with E-state index in [9.17, 15) is 22.4 Å². The Morgan fingerprint density at radius 2 is 1.78 bits per heavy atom. The molecule has 1 unspecified atom stereocenters. The maximum atomic E-state index is 14.3. The van der Waals surface area contributed by atoms with Gasteiger partial charge in [0.15, 0.2) is 0 Å². The third kappa shape index (κ3) is 8.51. The van der Waals surface area contributed by atoms with E-state index in [0.717, 1.165) is 16.1 Å². The zero-order chi connectivity index (χ0) is 27.1.